The van der Waals surface area contributed by atoms with Gasteiger partial charge in [0.25, 0.3) is 0 Å². The molecule has 0 atom stereocenters. The molecule has 1 rings (SSSR count). The second-order valence-corrected chi connectivity index (χ2v) is 2.49. The van der Waals surface area contributed by atoms with Crippen molar-refractivity contribution in [2.24, 2.45) is 0 Å². The molecule has 0 spiro atoms. The first-order chi connectivity index (χ1) is 5.52. The van der Waals surface area contributed by atoms with Crippen LogP contribution >= 0.6 is 0 Å². The number of rotatable bonds is 1. The molecule has 3 N–H and O–H groups in total. The summed E-state index contributed by atoms with van der Waals surface area (Å²) in [6, 6.07) is 2.23. The summed E-state index contributed by atoms with van der Waals surface area (Å²) in [5, 5.41) is 8.50. The molecular formula is C8H8FNO2. The summed E-state index contributed by atoms with van der Waals surface area (Å²) in [5.41, 5.74) is 5.84. The fourth-order valence-corrected chi connectivity index (χ4v) is 0.861. The second kappa shape index (κ2) is 2.81. The standard InChI is InChI=1S/C8H8FNO2/c1-4-2-5(8(11)12)6(9)3-7(4)10/h2-3H,10H2,1H3,(H,11,12). The van der Waals surface area contributed by atoms with E-state index >= 15 is 0 Å². The molecule has 0 amide bonds. The number of aryl methyl sites for hydroxylation is 1. The van der Waals surface area contributed by atoms with Crippen molar-refractivity contribution >= 4 is 11.7 Å². The Kier molecular flexibility index (Phi) is 1.99. The number of nitrogens with two attached hydrogens (primary N) is 1. The number of hydrogen-bond acceptors (Lipinski definition) is 2. The molecule has 0 fully saturated rings. The Morgan fingerprint density at radius 3 is 2.67 bits per heavy atom. The van der Waals surface area contributed by atoms with E-state index in [1.165, 1.54) is 6.07 Å². The molecule has 0 aliphatic rings. The van der Waals surface area contributed by atoms with Crippen LogP contribution < -0.4 is 5.73 Å². The van der Waals surface area contributed by atoms with Crippen molar-refractivity contribution in [2.45, 2.75) is 6.92 Å². The quantitative estimate of drug-likeness (QED) is 0.625. The van der Waals surface area contributed by atoms with Crippen LogP contribution in [0.2, 0.25) is 0 Å². The number of nitrogen functional groups attached to an aromatic ring is 1. The summed E-state index contributed by atoms with van der Waals surface area (Å²) in [7, 11) is 0. The maximum Gasteiger partial charge on any atom is 0.338 e. The molecule has 0 saturated heterocycles. The molecule has 0 bridgehead atoms. The summed E-state index contributed by atoms with van der Waals surface area (Å²) in [6.07, 6.45) is 0. The van der Waals surface area contributed by atoms with Crippen molar-refractivity contribution in [3.8, 4) is 0 Å². The van der Waals surface area contributed by atoms with E-state index in [1.54, 1.807) is 6.92 Å². The molecule has 12 heavy (non-hydrogen) atoms. The van der Waals surface area contributed by atoms with Crippen LogP contribution in [0, 0.1) is 12.7 Å². The number of carboxylic acids is 1. The summed E-state index contributed by atoms with van der Waals surface area (Å²) in [6.45, 7) is 1.63. The average molecular weight is 169 g/mol. The lowest BCUT2D eigenvalue weighted by Gasteiger charge is -2.02. The van der Waals surface area contributed by atoms with Gasteiger partial charge in [-0.3, -0.25) is 0 Å². The molecular weight excluding hydrogens is 161 g/mol. The highest BCUT2D eigenvalue weighted by molar-refractivity contribution is 5.88. The van der Waals surface area contributed by atoms with Crippen molar-refractivity contribution in [3.05, 3.63) is 29.1 Å². The third-order valence-electron chi connectivity index (χ3n) is 1.59. The Hall–Kier alpha value is -1.58. The fourth-order valence-electron chi connectivity index (χ4n) is 0.861. The molecule has 0 unspecified atom stereocenters. The average Bonchev–Trinajstić information content (AvgIpc) is 1.96. The number of benzene rings is 1. The van der Waals surface area contributed by atoms with Gasteiger partial charge < -0.3 is 10.8 Å². The van der Waals surface area contributed by atoms with Crippen LogP contribution in [0.25, 0.3) is 0 Å². The number of halogens is 1. The lowest BCUT2D eigenvalue weighted by molar-refractivity contribution is 0.0692. The summed E-state index contributed by atoms with van der Waals surface area (Å²) >= 11 is 0. The predicted molar refractivity (Wildman–Crippen MR) is 42.5 cm³/mol. The third kappa shape index (κ3) is 1.37. The zero-order valence-corrected chi connectivity index (χ0v) is 6.47. The molecule has 1 aromatic carbocycles. The Morgan fingerprint density at radius 2 is 2.17 bits per heavy atom. The molecule has 4 heteroatoms. The Morgan fingerprint density at radius 1 is 1.58 bits per heavy atom. The third-order valence-corrected chi connectivity index (χ3v) is 1.59. The Balaban J connectivity index is 3.33. The first kappa shape index (κ1) is 8.52. The Bertz CT molecular complexity index is 336. The van der Waals surface area contributed by atoms with Crippen molar-refractivity contribution in [2.75, 3.05) is 5.73 Å². The van der Waals surface area contributed by atoms with E-state index in [4.69, 9.17) is 10.8 Å². The molecule has 3 nitrogen and oxygen atoms in total. The van der Waals surface area contributed by atoms with E-state index in [1.807, 2.05) is 0 Å². The summed E-state index contributed by atoms with van der Waals surface area (Å²) < 4.78 is 12.8. The highest BCUT2D eigenvalue weighted by atomic mass is 19.1. The van der Waals surface area contributed by atoms with E-state index < -0.39 is 11.8 Å². The number of aromatic carboxylic acids is 1. The highest BCUT2D eigenvalue weighted by Crippen LogP contribution is 2.16. The highest BCUT2D eigenvalue weighted by Gasteiger charge is 2.11. The van der Waals surface area contributed by atoms with Crippen molar-refractivity contribution < 1.29 is 14.3 Å². The zero-order chi connectivity index (χ0) is 9.30. The van der Waals surface area contributed by atoms with Gasteiger partial charge in [-0.1, -0.05) is 0 Å². The van der Waals surface area contributed by atoms with Gasteiger partial charge >= 0.3 is 5.97 Å². The van der Waals surface area contributed by atoms with Crippen LogP contribution in [0.1, 0.15) is 15.9 Å². The summed E-state index contributed by atoms with van der Waals surface area (Å²) in [5.74, 6) is -2.08. The largest absolute Gasteiger partial charge is 0.478 e. The van der Waals surface area contributed by atoms with Crippen LogP contribution in [0.5, 0.6) is 0 Å². The van der Waals surface area contributed by atoms with Gasteiger partial charge in [-0.15, -0.1) is 0 Å². The van der Waals surface area contributed by atoms with Gasteiger partial charge in [0.05, 0.1) is 5.56 Å². The number of carbonyl (C=O) groups is 1. The van der Waals surface area contributed by atoms with Gasteiger partial charge in [-0.05, 0) is 24.6 Å². The molecule has 0 aliphatic heterocycles. The molecule has 0 radical (unpaired) electrons. The van der Waals surface area contributed by atoms with Crippen LogP contribution in [0.15, 0.2) is 12.1 Å². The molecule has 0 saturated carbocycles. The van der Waals surface area contributed by atoms with Gasteiger partial charge in [0.2, 0.25) is 0 Å². The number of anilines is 1. The van der Waals surface area contributed by atoms with Crippen molar-refractivity contribution in [1.82, 2.24) is 0 Å². The van der Waals surface area contributed by atoms with Gasteiger partial charge in [0.15, 0.2) is 0 Å². The van der Waals surface area contributed by atoms with E-state index in [9.17, 15) is 9.18 Å². The lowest BCUT2D eigenvalue weighted by Crippen LogP contribution is -2.03. The SMILES string of the molecule is Cc1cc(C(=O)O)c(F)cc1N. The van der Waals surface area contributed by atoms with E-state index in [0.29, 0.717) is 5.56 Å². The smallest absolute Gasteiger partial charge is 0.338 e. The normalized spacial score (nSPS) is 9.83. The first-order valence-corrected chi connectivity index (χ1v) is 3.31. The lowest BCUT2D eigenvalue weighted by atomic mass is 10.1. The topological polar surface area (TPSA) is 63.3 Å². The molecule has 64 valence electrons. The zero-order valence-electron chi connectivity index (χ0n) is 6.47. The van der Waals surface area contributed by atoms with Gasteiger partial charge in [-0.2, -0.15) is 0 Å². The summed E-state index contributed by atoms with van der Waals surface area (Å²) in [4.78, 5) is 10.4. The minimum absolute atomic E-state index is 0.262. The van der Waals surface area contributed by atoms with Gasteiger partial charge in [0, 0.05) is 5.69 Å². The second-order valence-electron chi connectivity index (χ2n) is 2.49. The van der Waals surface area contributed by atoms with Crippen LogP contribution in [0.3, 0.4) is 0 Å². The number of carboxylic acid groups (broad SMARTS) is 1. The van der Waals surface area contributed by atoms with Gasteiger partial charge in [-0.25, -0.2) is 9.18 Å². The molecule has 1 aromatic rings. The van der Waals surface area contributed by atoms with Crippen LogP contribution in [-0.4, -0.2) is 11.1 Å². The van der Waals surface area contributed by atoms with Gasteiger partial charge in [0.1, 0.15) is 5.82 Å². The molecule has 0 aliphatic carbocycles. The fraction of sp³-hybridized carbons (Fsp3) is 0.125. The maximum atomic E-state index is 12.8. The van der Waals surface area contributed by atoms with Crippen LogP contribution in [0.4, 0.5) is 10.1 Å². The van der Waals surface area contributed by atoms with E-state index in [-0.39, 0.29) is 11.3 Å². The number of hydrogen-bond donors (Lipinski definition) is 2. The molecule has 0 heterocycles. The van der Waals surface area contributed by atoms with Crippen molar-refractivity contribution in [1.29, 1.82) is 0 Å². The predicted octanol–water partition coefficient (Wildman–Crippen LogP) is 1.41. The van der Waals surface area contributed by atoms with E-state index in [2.05, 4.69) is 0 Å². The van der Waals surface area contributed by atoms with Crippen LogP contribution in [-0.2, 0) is 0 Å². The minimum atomic E-state index is -1.28. The van der Waals surface area contributed by atoms with E-state index in [0.717, 1.165) is 6.07 Å². The van der Waals surface area contributed by atoms with Crippen molar-refractivity contribution in [3.63, 3.8) is 0 Å². The monoisotopic (exact) mass is 169 g/mol. The minimum Gasteiger partial charge on any atom is -0.478 e. The Labute approximate surface area is 68.6 Å². The first-order valence-electron chi connectivity index (χ1n) is 3.31. The maximum absolute atomic E-state index is 12.8. The molecule has 0 aromatic heterocycles.